The maximum atomic E-state index is 12.2. The standard InChI is InChI=1S/C17H16ClNO3/c1-2-3-11-4-6-12(7-5-11)16(20)19-15-10-13(17(21)22)8-9-14(15)18/h4-10H,2-3H2,1H3,(H,19,20)(H,21,22). The van der Waals surface area contributed by atoms with E-state index in [0.29, 0.717) is 10.6 Å². The second-order valence-electron chi connectivity index (χ2n) is 4.90. The molecule has 0 heterocycles. The van der Waals surface area contributed by atoms with E-state index in [4.69, 9.17) is 16.7 Å². The molecular weight excluding hydrogens is 302 g/mol. The third-order valence-corrected chi connectivity index (χ3v) is 3.55. The SMILES string of the molecule is CCCc1ccc(C(=O)Nc2cc(C(=O)O)ccc2Cl)cc1. The Labute approximate surface area is 133 Å². The summed E-state index contributed by atoms with van der Waals surface area (Å²) < 4.78 is 0. The van der Waals surface area contributed by atoms with Gasteiger partial charge in [0.1, 0.15) is 0 Å². The Morgan fingerprint density at radius 3 is 2.32 bits per heavy atom. The van der Waals surface area contributed by atoms with Crippen molar-refractivity contribution in [1.29, 1.82) is 0 Å². The highest BCUT2D eigenvalue weighted by atomic mass is 35.5. The molecular formula is C17H16ClNO3. The predicted molar refractivity (Wildman–Crippen MR) is 86.8 cm³/mol. The number of amides is 1. The van der Waals surface area contributed by atoms with E-state index < -0.39 is 5.97 Å². The molecule has 1 amide bonds. The van der Waals surface area contributed by atoms with Crippen molar-refractivity contribution in [3.8, 4) is 0 Å². The maximum absolute atomic E-state index is 12.2. The predicted octanol–water partition coefficient (Wildman–Crippen LogP) is 4.24. The molecule has 2 aromatic carbocycles. The van der Waals surface area contributed by atoms with Gasteiger partial charge in [0.25, 0.3) is 5.91 Å². The average molecular weight is 318 g/mol. The highest BCUT2D eigenvalue weighted by Crippen LogP contribution is 2.24. The van der Waals surface area contributed by atoms with Gasteiger partial charge in [-0.1, -0.05) is 37.1 Å². The summed E-state index contributed by atoms with van der Waals surface area (Å²) in [5.41, 5.74) is 2.02. The number of carbonyl (C=O) groups is 2. The minimum Gasteiger partial charge on any atom is -0.478 e. The highest BCUT2D eigenvalue weighted by Gasteiger charge is 2.11. The zero-order valence-electron chi connectivity index (χ0n) is 12.1. The van der Waals surface area contributed by atoms with Crippen LogP contribution in [-0.4, -0.2) is 17.0 Å². The first-order chi connectivity index (χ1) is 10.5. The number of nitrogens with one attached hydrogen (secondary N) is 1. The molecule has 0 fully saturated rings. The van der Waals surface area contributed by atoms with Gasteiger partial charge in [-0.15, -0.1) is 0 Å². The van der Waals surface area contributed by atoms with Gasteiger partial charge in [0.2, 0.25) is 0 Å². The third-order valence-electron chi connectivity index (χ3n) is 3.22. The van der Waals surface area contributed by atoms with Crippen LogP contribution in [0.2, 0.25) is 5.02 Å². The summed E-state index contributed by atoms with van der Waals surface area (Å²) in [6.45, 7) is 2.10. The zero-order chi connectivity index (χ0) is 16.1. The molecule has 0 aliphatic heterocycles. The van der Waals surface area contributed by atoms with Crippen molar-refractivity contribution >= 4 is 29.2 Å². The van der Waals surface area contributed by atoms with Gasteiger partial charge in [-0.3, -0.25) is 4.79 Å². The van der Waals surface area contributed by atoms with Crippen LogP contribution in [0.3, 0.4) is 0 Å². The van der Waals surface area contributed by atoms with Crippen molar-refractivity contribution < 1.29 is 14.7 Å². The molecule has 114 valence electrons. The third kappa shape index (κ3) is 3.86. The molecule has 0 saturated heterocycles. The minimum absolute atomic E-state index is 0.0676. The van der Waals surface area contributed by atoms with E-state index in [1.165, 1.54) is 23.8 Å². The fourth-order valence-corrected chi connectivity index (χ4v) is 2.22. The summed E-state index contributed by atoms with van der Waals surface area (Å²) in [7, 11) is 0. The lowest BCUT2D eigenvalue weighted by molar-refractivity contribution is 0.0696. The summed E-state index contributed by atoms with van der Waals surface area (Å²) in [6.07, 6.45) is 2.01. The lowest BCUT2D eigenvalue weighted by Crippen LogP contribution is -2.13. The number of hydrogen-bond acceptors (Lipinski definition) is 2. The molecule has 22 heavy (non-hydrogen) atoms. The van der Waals surface area contributed by atoms with Crippen LogP contribution in [0.1, 0.15) is 39.6 Å². The Bertz CT molecular complexity index is 696. The Balaban J connectivity index is 2.17. The summed E-state index contributed by atoms with van der Waals surface area (Å²) in [5.74, 6) is -1.40. The van der Waals surface area contributed by atoms with Gasteiger partial charge in [0.05, 0.1) is 16.3 Å². The van der Waals surface area contributed by atoms with Gasteiger partial charge in [-0.25, -0.2) is 4.79 Å². The van der Waals surface area contributed by atoms with Gasteiger partial charge in [-0.2, -0.15) is 0 Å². The Kier molecular flexibility index (Phi) is 5.17. The van der Waals surface area contributed by atoms with E-state index in [9.17, 15) is 9.59 Å². The fourth-order valence-electron chi connectivity index (χ4n) is 2.06. The van der Waals surface area contributed by atoms with Gasteiger partial charge in [0, 0.05) is 5.56 Å². The quantitative estimate of drug-likeness (QED) is 0.866. The van der Waals surface area contributed by atoms with Crippen LogP contribution >= 0.6 is 11.6 Å². The second kappa shape index (κ2) is 7.09. The smallest absolute Gasteiger partial charge is 0.335 e. The maximum Gasteiger partial charge on any atom is 0.335 e. The van der Waals surface area contributed by atoms with Gasteiger partial charge < -0.3 is 10.4 Å². The molecule has 0 saturated carbocycles. The molecule has 0 unspecified atom stereocenters. The van der Waals surface area contributed by atoms with Gasteiger partial charge in [-0.05, 0) is 42.3 Å². The lowest BCUT2D eigenvalue weighted by atomic mass is 10.1. The number of benzene rings is 2. The van der Waals surface area contributed by atoms with Crippen LogP contribution in [0.5, 0.6) is 0 Å². The van der Waals surface area contributed by atoms with Crippen molar-refractivity contribution in [3.05, 3.63) is 64.2 Å². The number of halogens is 1. The van der Waals surface area contributed by atoms with Crippen molar-refractivity contribution in [3.63, 3.8) is 0 Å². The molecule has 0 bridgehead atoms. The van der Waals surface area contributed by atoms with Crippen molar-refractivity contribution in [1.82, 2.24) is 0 Å². The number of anilines is 1. The number of rotatable bonds is 5. The number of aryl methyl sites for hydroxylation is 1. The van der Waals surface area contributed by atoms with Crippen LogP contribution < -0.4 is 5.32 Å². The molecule has 0 atom stereocenters. The molecule has 4 nitrogen and oxygen atoms in total. The van der Waals surface area contributed by atoms with E-state index in [1.54, 1.807) is 12.1 Å². The molecule has 2 aromatic rings. The Hall–Kier alpha value is -2.33. The molecule has 5 heteroatoms. The van der Waals surface area contributed by atoms with Crippen molar-refractivity contribution in [2.45, 2.75) is 19.8 Å². The van der Waals surface area contributed by atoms with Crippen molar-refractivity contribution in [2.24, 2.45) is 0 Å². The molecule has 0 radical (unpaired) electrons. The van der Waals surface area contributed by atoms with Crippen LogP contribution in [0, 0.1) is 0 Å². The van der Waals surface area contributed by atoms with Crippen molar-refractivity contribution in [2.75, 3.05) is 5.32 Å². The van der Waals surface area contributed by atoms with E-state index in [-0.39, 0.29) is 17.2 Å². The first kappa shape index (κ1) is 16.0. The second-order valence-corrected chi connectivity index (χ2v) is 5.31. The monoisotopic (exact) mass is 317 g/mol. The zero-order valence-corrected chi connectivity index (χ0v) is 12.9. The summed E-state index contributed by atoms with van der Waals surface area (Å²) in [5, 5.41) is 11.9. The summed E-state index contributed by atoms with van der Waals surface area (Å²) in [6, 6.07) is 11.5. The van der Waals surface area contributed by atoms with Crippen LogP contribution in [0.15, 0.2) is 42.5 Å². The molecule has 2 rings (SSSR count). The largest absolute Gasteiger partial charge is 0.478 e. The number of carbonyl (C=O) groups excluding carboxylic acids is 1. The average Bonchev–Trinajstić information content (AvgIpc) is 2.50. The first-order valence-electron chi connectivity index (χ1n) is 6.94. The normalized spacial score (nSPS) is 10.3. The number of carboxylic acid groups (broad SMARTS) is 1. The topological polar surface area (TPSA) is 66.4 Å². The molecule has 0 aliphatic rings. The summed E-state index contributed by atoms with van der Waals surface area (Å²) >= 11 is 5.99. The van der Waals surface area contributed by atoms with E-state index in [2.05, 4.69) is 12.2 Å². The molecule has 0 aliphatic carbocycles. The van der Waals surface area contributed by atoms with Gasteiger partial charge in [0.15, 0.2) is 0 Å². The number of hydrogen-bond donors (Lipinski definition) is 2. The highest BCUT2D eigenvalue weighted by molar-refractivity contribution is 6.34. The molecule has 0 spiro atoms. The molecule has 2 N–H and O–H groups in total. The lowest BCUT2D eigenvalue weighted by Gasteiger charge is -2.09. The van der Waals surface area contributed by atoms with Gasteiger partial charge >= 0.3 is 5.97 Å². The minimum atomic E-state index is -1.07. The van der Waals surface area contributed by atoms with Crippen LogP contribution in [0.4, 0.5) is 5.69 Å². The molecule has 0 aromatic heterocycles. The van der Waals surface area contributed by atoms with Crippen LogP contribution in [-0.2, 0) is 6.42 Å². The number of carboxylic acids is 1. The van der Waals surface area contributed by atoms with E-state index >= 15 is 0 Å². The first-order valence-corrected chi connectivity index (χ1v) is 7.32. The fraction of sp³-hybridized carbons (Fsp3) is 0.176. The van der Waals surface area contributed by atoms with E-state index in [0.717, 1.165) is 12.8 Å². The van der Waals surface area contributed by atoms with E-state index in [1.807, 2.05) is 12.1 Å². The Morgan fingerprint density at radius 1 is 1.09 bits per heavy atom. The Morgan fingerprint density at radius 2 is 1.73 bits per heavy atom. The number of aromatic carboxylic acids is 1. The summed E-state index contributed by atoms with van der Waals surface area (Å²) in [4.78, 5) is 23.2. The van der Waals surface area contributed by atoms with Crippen LogP contribution in [0.25, 0.3) is 0 Å².